The molecule has 3 nitrogen and oxygen atoms in total. The first-order valence-electron chi connectivity index (χ1n) is 5.28. The van der Waals surface area contributed by atoms with Crippen LogP contribution in [-0.2, 0) is 4.74 Å². The SMILES string of the molecule is C=CCN(C)c1cccc(C(=O)OCC)c1. The number of nitrogens with zero attached hydrogens (tertiary/aromatic N) is 1. The first kappa shape index (κ1) is 12.3. The third-order valence-electron chi connectivity index (χ3n) is 2.20. The molecule has 1 aromatic rings. The van der Waals surface area contributed by atoms with Crippen molar-refractivity contribution >= 4 is 11.7 Å². The minimum atomic E-state index is -0.281. The van der Waals surface area contributed by atoms with Crippen molar-refractivity contribution in [3.63, 3.8) is 0 Å². The zero-order chi connectivity index (χ0) is 12.0. The van der Waals surface area contributed by atoms with Gasteiger partial charge in [0.1, 0.15) is 0 Å². The molecule has 0 unspecified atom stereocenters. The second kappa shape index (κ2) is 5.95. The molecular formula is C13H17NO2. The molecule has 0 saturated carbocycles. The standard InChI is InChI=1S/C13H17NO2/c1-4-9-14(3)12-8-6-7-11(10-12)13(15)16-5-2/h4,6-8,10H,1,5,9H2,2-3H3. The smallest absolute Gasteiger partial charge is 0.338 e. The normalized spacial score (nSPS) is 9.62. The van der Waals surface area contributed by atoms with Crippen molar-refractivity contribution in [1.82, 2.24) is 0 Å². The third kappa shape index (κ3) is 3.12. The van der Waals surface area contributed by atoms with E-state index in [1.807, 2.05) is 36.2 Å². The van der Waals surface area contributed by atoms with Gasteiger partial charge in [-0.15, -0.1) is 6.58 Å². The van der Waals surface area contributed by atoms with Crippen molar-refractivity contribution in [3.05, 3.63) is 42.5 Å². The lowest BCUT2D eigenvalue weighted by Crippen LogP contribution is -2.17. The van der Waals surface area contributed by atoms with Crippen LogP contribution in [0.25, 0.3) is 0 Å². The number of rotatable bonds is 5. The van der Waals surface area contributed by atoms with Gasteiger partial charge in [0.2, 0.25) is 0 Å². The Labute approximate surface area is 96.3 Å². The summed E-state index contributed by atoms with van der Waals surface area (Å²) < 4.78 is 4.95. The Hall–Kier alpha value is -1.77. The minimum Gasteiger partial charge on any atom is -0.462 e. The molecule has 0 aromatic heterocycles. The van der Waals surface area contributed by atoms with Crippen LogP contribution in [0.4, 0.5) is 5.69 Å². The van der Waals surface area contributed by atoms with Gasteiger partial charge in [-0.25, -0.2) is 4.79 Å². The van der Waals surface area contributed by atoms with E-state index >= 15 is 0 Å². The van der Waals surface area contributed by atoms with Gasteiger partial charge in [-0.1, -0.05) is 12.1 Å². The maximum Gasteiger partial charge on any atom is 0.338 e. The number of likely N-dealkylation sites (N-methyl/N-ethyl adjacent to an activating group) is 1. The Morgan fingerprint density at radius 2 is 2.31 bits per heavy atom. The molecular weight excluding hydrogens is 202 g/mol. The first-order valence-corrected chi connectivity index (χ1v) is 5.28. The highest BCUT2D eigenvalue weighted by Gasteiger charge is 2.07. The highest BCUT2D eigenvalue weighted by Crippen LogP contribution is 2.15. The number of carbonyl (C=O) groups excluding carboxylic acids is 1. The molecule has 86 valence electrons. The molecule has 0 aliphatic carbocycles. The Morgan fingerprint density at radius 1 is 1.56 bits per heavy atom. The monoisotopic (exact) mass is 219 g/mol. The average Bonchev–Trinajstić information content (AvgIpc) is 2.30. The van der Waals surface area contributed by atoms with Gasteiger partial charge >= 0.3 is 5.97 Å². The lowest BCUT2D eigenvalue weighted by molar-refractivity contribution is 0.0526. The molecule has 0 radical (unpaired) electrons. The number of ether oxygens (including phenoxy) is 1. The fraction of sp³-hybridized carbons (Fsp3) is 0.308. The summed E-state index contributed by atoms with van der Waals surface area (Å²) >= 11 is 0. The van der Waals surface area contributed by atoms with Gasteiger partial charge in [0, 0.05) is 19.3 Å². The van der Waals surface area contributed by atoms with E-state index in [1.165, 1.54) is 0 Å². The van der Waals surface area contributed by atoms with Gasteiger partial charge in [0.15, 0.2) is 0 Å². The molecule has 0 heterocycles. The van der Waals surface area contributed by atoms with E-state index in [0.29, 0.717) is 12.2 Å². The zero-order valence-corrected chi connectivity index (χ0v) is 9.77. The van der Waals surface area contributed by atoms with Crippen LogP contribution in [0.2, 0.25) is 0 Å². The lowest BCUT2D eigenvalue weighted by atomic mass is 10.2. The van der Waals surface area contributed by atoms with Crippen LogP contribution < -0.4 is 4.90 Å². The molecule has 0 aliphatic heterocycles. The highest BCUT2D eigenvalue weighted by molar-refractivity contribution is 5.90. The summed E-state index contributed by atoms with van der Waals surface area (Å²) in [7, 11) is 1.95. The Balaban J connectivity index is 2.85. The summed E-state index contributed by atoms with van der Waals surface area (Å²) in [6.07, 6.45) is 1.82. The summed E-state index contributed by atoms with van der Waals surface area (Å²) in [5, 5.41) is 0. The van der Waals surface area contributed by atoms with Crippen LogP contribution in [0.1, 0.15) is 17.3 Å². The summed E-state index contributed by atoms with van der Waals surface area (Å²) in [6, 6.07) is 7.37. The predicted octanol–water partition coefficient (Wildman–Crippen LogP) is 2.49. The van der Waals surface area contributed by atoms with Crippen LogP contribution in [0.5, 0.6) is 0 Å². The number of hydrogen-bond donors (Lipinski definition) is 0. The van der Waals surface area contributed by atoms with E-state index in [2.05, 4.69) is 6.58 Å². The zero-order valence-electron chi connectivity index (χ0n) is 9.77. The van der Waals surface area contributed by atoms with Crippen molar-refractivity contribution in [2.45, 2.75) is 6.92 Å². The lowest BCUT2D eigenvalue weighted by Gasteiger charge is -2.17. The number of carbonyl (C=O) groups is 1. The first-order chi connectivity index (χ1) is 7.69. The van der Waals surface area contributed by atoms with Crippen molar-refractivity contribution < 1.29 is 9.53 Å². The van der Waals surface area contributed by atoms with E-state index in [1.54, 1.807) is 13.0 Å². The van der Waals surface area contributed by atoms with Gasteiger partial charge < -0.3 is 9.64 Å². The highest BCUT2D eigenvalue weighted by atomic mass is 16.5. The van der Waals surface area contributed by atoms with E-state index in [0.717, 1.165) is 12.2 Å². The fourth-order valence-corrected chi connectivity index (χ4v) is 1.38. The Morgan fingerprint density at radius 3 is 2.94 bits per heavy atom. The molecule has 0 saturated heterocycles. The molecule has 0 spiro atoms. The predicted molar refractivity (Wildman–Crippen MR) is 65.9 cm³/mol. The van der Waals surface area contributed by atoms with E-state index in [-0.39, 0.29) is 5.97 Å². The van der Waals surface area contributed by atoms with Crippen molar-refractivity contribution in [2.75, 3.05) is 25.1 Å². The van der Waals surface area contributed by atoms with Gasteiger partial charge in [0.25, 0.3) is 0 Å². The van der Waals surface area contributed by atoms with Gasteiger partial charge in [-0.3, -0.25) is 0 Å². The molecule has 0 bridgehead atoms. The van der Waals surface area contributed by atoms with Gasteiger partial charge in [-0.05, 0) is 25.1 Å². The summed E-state index contributed by atoms with van der Waals surface area (Å²) in [5.74, 6) is -0.281. The number of benzene rings is 1. The Kier molecular flexibility index (Phi) is 4.58. The molecule has 16 heavy (non-hydrogen) atoms. The minimum absolute atomic E-state index is 0.281. The Bertz CT molecular complexity index is 374. The van der Waals surface area contributed by atoms with Crippen molar-refractivity contribution in [1.29, 1.82) is 0 Å². The fourth-order valence-electron chi connectivity index (χ4n) is 1.38. The molecule has 0 amide bonds. The summed E-state index contributed by atoms with van der Waals surface area (Å²) in [5.41, 5.74) is 1.56. The van der Waals surface area contributed by atoms with Gasteiger partial charge in [-0.2, -0.15) is 0 Å². The number of hydrogen-bond acceptors (Lipinski definition) is 3. The summed E-state index contributed by atoms with van der Waals surface area (Å²) in [6.45, 7) is 6.61. The average molecular weight is 219 g/mol. The van der Waals surface area contributed by atoms with Crippen molar-refractivity contribution in [3.8, 4) is 0 Å². The molecule has 0 N–H and O–H groups in total. The van der Waals surface area contributed by atoms with E-state index in [9.17, 15) is 4.79 Å². The van der Waals surface area contributed by atoms with Crippen LogP contribution in [0.3, 0.4) is 0 Å². The summed E-state index contributed by atoms with van der Waals surface area (Å²) in [4.78, 5) is 13.5. The molecule has 0 aliphatic rings. The molecule has 0 fully saturated rings. The molecule has 1 rings (SSSR count). The van der Waals surface area contributed by atoms with Crippen LogP contribution in [0.15, 0.2) is 36.9 Å². The maximum absolute atomic E-state index is 11.5. The topological polar surface area (TPSA) is 29.5 Å². The van der Waals surface area contributed by atoms with Crippen LogP contribution in [0, 0.1) is 0 Å². The largest absolute Gasteiger partial charge is 0.462 e. The van der Waals surface area contributed by atoms with Crippen LogP contribution in [-0.4, -0.2) is 26.2 Å². The maximum atomic E-state index is 11.5. The second-order valence-electron chi connectivity index (χ2n) is 3.44. The second-order valence-corrected chi connectivity index (χ2v) is 3.44. The van der Waals surface area contributed by atoms with E-state index in [4.69, 9.17) is 4.74 Å². The van der Waals surface area contributed by atoms with Crippen LogP contribution >= 0.6 is 0 Å². The van der Waals surface area contributed by atoms with Gasteiger partial charge in [0.05, 0.1) is 12.2 Å². The molecule has 3 heteroatoms. The number of anilines is 1. The molecule has 0 atom stereocenters. The van der Waals surface area contributed by atoms with Crippen molar-refractivity contribution in [2.24, 2.45) is 0 Å². The number of esters is 1. The molecule has 1 aromatic carbocycles. The quantitative estimate of drug-likeness (QED) is 0.563. The third-order valence-corrected chi connectivity index (χ3v) is 2.20. The van der Waals surface area contributed by atoms with E-state index < -0.39 is 0 Å².